The van der Waals surface area contributed by atoms with Crippen LogP contribution in [-0.4, -0.2) is 56.3 Å². The fourth-order valence-corrected chi connectivity index (χ4v) is 1.40. The standard InChI is InChI=1S/C12H17FN2O3/c1-17-7-5-15(6-8-18-2)12(16)10-3-4-11(13)14-9-10/h3-4,9H,5-8H2,1-2H3. The molecule has 18 heavy (non-hydrogen) atoms. The maximum Gasteiger partial charge on any atom is 0.255 e. The average Bonchev–Trinajstić information content (AvgIpc) is 2.39. The first-order valence-corrected chi connectivity index (χ1v) is 5.57. The van der Waals surface area contributed by atoms with E-state index in [9.17, 15) is 9.18 Å². The summed E-state index contributed by atoms with van der Waals surface area (Å²) in [5.74, 6) is -0.816. The SMILES string of the molecule is COCCN(CCOC)C(=O)c1ccc(F)nc1. The number of rotatable bonds is 7. The monoisotopic (exact) mass is 256 g/mol. The van der Waals surface area contributed by atoms with Gasteiger partial charge in [0, 0.05) is 33.5 Å². The van der Waals surface area contributed by atoms with Crippen molar-refractivity contribution in [2.45, 2.75) is 0 Å². The molecule has 1 heterocycles. The topological polar surface area (TPSA) is 51.7 Å². The van der Waals surface area contributed by atoms with Crippen LogP contribution in [0.3, 0.4) is 0 Å². The molecule has 1 aromatic heterocycles. The highest BCUT2D eigenvalue weighted by atomic mass is 19.1. The van der Waals surface area contributed by atoms with Gasteiger partial charge in [0.25, 0.3) is 5.91 Å². The number of amides is 1. The van der Waals surface area contributed by atoms with Gasteiger partial charge in [0.1, 0.15) is 0 Å². The van der Waals surface area contributed by atoms with Crippen molar-refractivity contribution >= 4 is 5.91 Å². The summed E-state index contributed by atoms with van der Waals surface area (Å²) in [6.07, 6.45) is 1.23. The third-order valence-corrected chi connectivity index (χ3v) is 2.39. The van der Waals surface area contributed by atoms with Crippen LogP contribution in [0.15, 0.2) is 18.3 Å². The molecule has 0 saturated carbocycles. The van der Waals surface area contributed by atoms with Gasteiger partial charge in [-0.3, -0.25) is 4.79 Å². The first-order chi connectivity index (χ1) is 8.69. The maximum absolute atomic E-state index is 12.7. The molecule has 0 aliphatic heterocycles. The van der Waals surface area contributed by atoms with Crippen molar-refractivity contribution in [2.75, 3.05) is 40.5 Å². The highest BCUT2D eigenvalue weighted by Crippen LogP contribution is 2.04. The lowest BCUT2D eigenvalue weighted by Gasteiger charge is -2.21. The summed E-state index contributed by atoms with van der Waals surface area (Å²) in [5.41, 5.74) is 0.351. The zero-order chi connectivity index (χ0) is 13.4. The number of ether oxygens (including phenoxy) is 2. The molecule has 0 aliphatic rings. The zero-order valence-corrected chi connectivity index (χ0v) is 10.6. The number of nitrogens with zero attached hydrogens (tertiary/aromatic N) is 2. The normalized spacial score (nSPS) is 10.4. The van der Waals surface area contributed by atoms with Crippen molar-refractivity contribution in [2.24, 2.45) is 0 Å². The van der Waals surface area contributed by atoms with E-state index in [4.69, 9.17) is 9.47 Å². The Morgan fingerprint density at radius 3 is 2.33 bits per heavy atom. The first kappa shape index (κ1) is 14.5. The molecule has 1 amide bonds. The Kier molecular flexibility index (Phi) is 6.24. The van der Waals surface area contributed by atoms with E-state index in [-0.39, 0.29) is 5.91 Å². The predicted molar refractivity (Wildman–Crippen MR) is 63.9 cm³/mol. The summed E-state index contributed by atoms with van der Waals surface area (Å²) in [4.78, 5) is 17.2. The van der Waals surface area contributed by atoms with Gasteiger partial charge < -0.3 is 14.4 Å². The molecule has 0 radical (unpaired) electrons. The van der Waals surface area contributed by atoms with E-state index in [1.165, 1.54) is 12.3 Å². The van der Waals surface area contributed by atoms with Crippen molar-refractivity contribution in [3.63, 3.8) is 0 Å². The number of carbonyl (C=O) groups is 1. The van der Waals surface area contributed by atoms with E-state index >= 15 is 0 Å². The van der Waals surface area contributed by atoms with Gasteiger partial charge in [-0.25, -0.2) is 4.98 Å². The Morgan fingerprint density at radius 1 is 1.28 bits per heavy atom. The molecule has 0 spiro atoms. The maximum atomic E-state index is 12.7. The fraction of sp³-hybridized carbons (Fsp3) is 0.500. The summed E-state index contributed by atoms with van der Waals surface area (Å²) < 4.78 is 22.6. The van der Waals surface area contributed by atoms with Gasteiger partial charge in [-0.15, -0.1) is 0 Å². The van der Waals surface area contributed by atoms with Crippen molar-refractivity contribution in [1.82, 2.24) is 9.88 Å². The molecule has 0 bridgehead atoms. The van der Waals surface area contributed by atoms with Gasteiger partial charge in [0.2, 0.25) is 5.95 Å². The van der Waals surface area contributed by atoms with Crippen LogP contribution in [0.25, 0.3) is 0 Å². The number of methoxy groups -OCH3 is 2. The lowest BCUT2D eigenvalue weighted by atomic mass is 10.2. The summed E-state index contributed by atoms with van der Waals surface area (Å²) in [5, 5.41) is 0. The van der Waals surface area contributed by atoms with Crippen LogP contribution in [0.4, 0.5) is 4.39 Å². The van der Waals surface area contributed by atoms with E-state index in [0.717, 1.165) is 6.07 Å². The molecular formula is C12H17FN2O3. The minimum absolute atomic E-state index is 0.211. The van der Waals surface area contributed by atoms with E-state index in [1.807, 2.05) is 0 Å². The third-order valence-electron chi connectivity index (χ3n) is 2.39. The molecule has 6 heteroatoms. The quantitative estimate of drug-likeness (QED) is 0.682. The highest BCUT2D eigenvalue weighted by molar-refractivity contribution is 5.93. The zero-order valence-electron chi connectivity index (χ0n) is 10.6. The first-order valence-electron chi connectivity index (χ1n) is 5.57. The summed E-state index contributed by atoms with van der Waals surface area (Å²) in [7, 11) is 3.14. The van der Waals surface area contributed by atoms with Crippen molar-refractivity contribution in [3.05, 3.63) is 29.8 Å². The lowest BCUT2D eigenvalue weighted by Crippen LogP contribution is -2.36. The van der Waals surface area contributed by atoms with Crippen LogP contribution >= 0.6 is 0 Å². The molecule has 0 aromatic carbocycles. The summed E-state index contributed by atoms with van der Waals surface area (Å²) >= 11 is 0. The Hall–Kier alpha value is -1.53. The van der Waals surface area contributed by atoms with E-state index < -0.39 is 5.95 Å². The number of carbonyl (C=O) groups excluding carboxylic acids is 1. The summed E-state index contributed by atoms with van der Waals surface area (Å²) in [6, 6.07) is 2.58. The Balaban J connectivity index is 2.70. The van der Waals surface area contributed by atoms with Gasteiger partial charge in [0.15, 0.2) is 0 Å². The molecule has 100 valence electrons. The van der Waals surface area contributed by atoms with Crippen LogP contribution in [-0.2, 0) is 9.47 Å². The molecule has 0 N–H and O–H groups in total. The largest absolute Gasteiger partial charge is 0.383 e. The van der Waals surface area contributed by atoms with Crippen molar-refractivity contribution in [3.8, 4) is 0 Å². The van der Waals surface area contributed by atoms with Gasteiger partial charge >= 0.3 is 0 Å². The van der Waals surface area contributed by atoms with E-state index in [2.05, 4.69) is 4.98 Å². The second-order valence-corrected chi connectivity index (χ2v) is 3.65. The molecule has 1 rings (SSSR count). The molecule has 0 saturated heterocycles. The molecule has 0 aliphatic carbocycles. The fourth-order valence-electron chi connectivity index (χ4n) is 1.40. The number of hydrogen-bond acceptors (Lipinski definition) is 4. The van der Waals surface area contributed by atoms with Crippen LogP contribution in [0, 0.1) is 5.95 Å². The second-order valence-electron chi connectivity index (χ2n) is 3.65. The third kappa shape index (κ3) is 4.38. The molecule has 1 aromatic rings. The minimum Gasteiger partial charge on any atom is -0.383 e. The van der Waals surface area contributed by atoms with Crippen molar-refractivity contribution in [1.29, 1.82) is 0 Å². The van der Waals surface area contributed by atoms with Gasteiger partial charge in [-0.05, 0) is 12.1 Å². The van der Waals surface area contributed by atoms with Crippen LogP contribution in [0.1, 0.15) is 10.4 Å². The predicted octanol–water partition coefficient (Wildman–Crippen LogP) is 0.956. The lowest BCUT2D eigenvalue weighted by molar-refractivity contribution is 0.0627. The van der Waals surface area contributed by atoms with Crippen LogP contribution < -0.4 is 0 Å². The van der Waals surface area contributed by atoms with Crippen LogP contribution in [0.5, 0.6) is 0 Å². The van der Waals surface area contributed by atoms with Gasteiger partial charge in [0.05, 0.1) is 18.8 Å². The van der Waals surface area contributed by atoms with E-state index in [1.54, 1.807) is 19.1 Å². The Morgan fingerprint density at radius 2 is 1.89 bits per heavy atom. The minimum atomic E-state index is -0.605. The number of aromatic nitrogens is 1. The highest BCUT2D eigenvalue weighted by Gasteiger charge is 2.15. The van der Waals surface area contributed by atoms with Gasteiger partial charge in [-0.1, -0.05) is 0 Å². The molecule has 5 nitrogen and oxygen atoms in total. The number of halogens is 1. The Labute approximate surface area is 106 Å². The smallest absolute Gasteiger partial charge is 0.255 e. The molecule has 0 atom stereocenters. The van der Waals surface area contributed by atoms with Crippen LogP contribution in [0.2, 0.25) is 0 Å². The van der Waals surface area contributed by atoms with Crippen molar-refractivity contribution < 1.29 is 18.7 Å². The average molecular weight is 256 g/mol. The molecular weight excluding hydrogens is 239 g/mol. The summed E-state index contributed by atoms with van der Waals surface area (Å²) in [6.45, 7) is 1.78. The number of pyridine rings is 1. The van der Waals surface area contributed by atoms with Gasteiger partial charge in [-0.2, -0.15) is 4.39 Å². The number of hydrogen-bond donors (Lipinski definition) is 0. The molecule has 0 unspecified atom stereocenters. The van der Waals surface area contributed by atoms with E-state index in [0.29, 0.717) is 31.9 Å². The second kappa shape index (κ2) is 7.73. The molecule has 0 fully saturated rings. The Bertz CT molecular complexity index is 362.